The minimum atomic E-state index is -0.232. The summed E-state index contributed by atoms with van der Waals surface area (Å²) >= 11 is 0. The van der Waals surface area contributed by atoms with Gasteiger partial charge in [-0.2, -0.15) is 0 Å². The fraction of sp³-hybridized carbons (Fsp3) is 0.850. The summed E-state index contributed by atoms with van der Waals surface area (Å²) in [5.74, 6) is 7.25. The molecular weight excluding hydrogens is 396 g/mol. The number of carbonyl (C=O) groups excluding carboxylic acids is 1. The van der Waals surface area contributed by atoms with Crippen LogP contribution in [0.1, 0.15) is 41.0 Å². The molecule has 0 aliphatic rings. The van der Waals surface area contributed by atoms with Crippen molar-refractivity contribution in [2.45, 2.75) is 46.0 Å². The van der Waals surface area contributed by atoms with Gasteiger partial charge in [-0.25, -0.2) is 0 Å². The van der Waals surface area contributed by atoms with E-state index < -0.39 is 0 Å². The van der Waals surface area contributed by atoms with Crippen LogP contribution in [0.5, 0.6) is 0 Å². The normalized spacial score (nSPS) is 11.4. The number of ether oxygens (including phenoxy) is 3. The molecule has 0 heterocycles. The predicted octanol–water partition coefficient (Wildman–Crippen LogP) is 2.93. The molecule has 0 aromatic carbocycles. The standard InChI is InChI=1S/C20H38N2O4S2/c1-6-21-11-17-27-28-20(4,5)26-16-15-25-14-13-24-12-9-19(23)22-10-7-8-18(2)3/h18,21H,6,9-17H2,1-5H3,(H,22,23). The number of hydrogen-bond donors (Lipinski definition) is 2. The second-order valence-electron chi connectivity index (χ2n) is 6.73. The molecule has 8 heteroatoms. The Balaban J connectivity index is 3.45. The number of rotatable bonds is 17. The lowest BCUT2D eigenvalue weighted by atomic mass is 10.2. The topological polar surface area (TPSA) is 68.8 Å². The van der Waals surface area contributed by atoms with E-state index in [0.717, 1.165) is 18.8 Å². The number of hydrogen-bond acceptors (Lipinski definition) is 7. The zero-order valence-corrected chi connectivity index (χ0v) is 19.7. The molecule has 0 unspecified atom stereocenters. The van der Waals surface area contributed by atoms with Gasteiger partial charge in [0, 0.05) is 24.6 Å². The summed E-state index contributed by atoms with van der Waals surface area (Å²) in [6.45, 7) is 15.1. The molecule has 0 bridgehead atoms. The van der Waals surface area contributed by atoms with Gasteiger partial charge < -0.3 is 24.8 Å². The third kappa shape index (κ3) is 20.3. The quantitative estimate of drug-likeness (QED) is 0.158. The third-order valence-electron chi connectivity index (χ3n) is 3.16. The van der Waals surface area contributed by atoms with Gasteiger partial charge in [-0.1, -0.05) is 54.2 Å². The molecule has 0 aliphatic carbocycles. The van der Waals surface area contributed by atoms with Crippen LogP contribution in [0.15, 0.2) is 0 Å². The van der Waals surface area contributed by atoms with Crippen molar-refractivity contribution in [2.75, 3.05) is 58.4 Å². The molecule has 0 aliphatic heterocycles. The molecule has 0 radical (unpaired) electrons. The predicted molar refractivity (Wildman–Crippen MR) is 121 cm³/mol. The minimum absolute atomic E-state index is 0.0459. The summed E-state index contributed by atoms with van der Waals surface area (Å²) in [5.41, 5.74) is 0. The summed E-state index contributed by atoms with van der Waals surface area (Å²) in [5, 5.41) is 6.05. The van der Waals surface area contributed by atoms with Crippen LogP contribution in [-0.2, 0) is 19.0 Å². The van der Waals surface area contributed by atoms with Crippen molar-refractivity contribution in [3.63, 3.8) is 0 Å². The summed E-state index contributed by atoms with van der Waals surface area (Å²) < 4.78 is 16.8. The molecule has 0 fully saturated rings. The van der Waals surface area contributed by atoms with Crippen molar-refractivity contribution < 1.29 is 19.0 Å². The largest absolute Gasteiger partial charge is 0.379 e. The molecule has 0 saturated heterocycles. The summed E-state index contributed by atoms with van der Waals surface area (Å²) in [4.78, 5) is 11.3. The highest BCUT2D eigenvalue weighted by atomic mass is 33.1. The van der Waals surface area contributed by atoms with E-state index in [2.05, 4.69) is 43.2 Å². The average molecular weight is 435 g/mol. The Morgan fingerprint density at radius 1 is 1.11 bits per heavy atom. The Hall–Kier alpha value is -0.430. The zero-order chi connectivity index (χ0) is 21.1. The van der Waals surface area contributed by atoms with Crippen LogP contribution in [0.4, 0.5) is 0 Å². The Labute approximate surface area is 179 Å². The Morgan fingerprint density at radius 2 is 1.79 bits per heavy atom. The van der Waals surface area contributed by atoms with Crippen molar-refractivity contribution in [2.24, 2.45) is 5.92 Å². The smallest absolute Gasteiger partial charge is 0.223 e. The van der Waals surface area contributed by atoms with E-state index in [1.54, 1.807) is 10.8 Å². The fourth-order valence-electron chi connectivity index (χ4n) is 1.82. The van der Waals surface area contributed by atoms with Crippen LogP contribution < -0.4 is 10.6 Å². The van der Waals surface area contributed by atoms with Crippen LogP contribution in [0.2, 0.25) is 0 Å². The van der Waals surface area contributed by atoms with Crippen molar-refractivity contribution in [1.82, 2.24) is 10.6 Å². The molecule has 164 valence electrons. The molecule has 0 spiro atoms. The van der Waals surface area contributed by atoms with E-state index in [1.807, 2.05) is 24.6 Å². The average Bonchev–Trinajstić information content (AvgIpc) is 2.63. The number of carbonyl (C=O) groups is 1. The zero-order valence-electron chi connectivity index (χ0n) is 18.1. The third-order valence-corrected chi connectivity index (χ3v) is 6.22. The highest BCUT2D eigenvalue weighted by Crippen LogP contribution is 2.36. The second-order valence-corrected chi connectivity index (χ2v) is 9.74. The van der Waals surface area contributed by atoms with Crippen molar-refractivity contribution >= 4 is 27.5 Å². The molecule has 0 atom stereocenters. The SMILES string of the molecule is CCNCCSSC(C)(C)OCCOCCOCCC(=O)NCC#CC(C)C. The number of nitrogens with one attached hydrogen (secondary N) is 2. The van der Waals surface area contributed by atoms with E-state index >= 15 is 0 Å². The summed E-state index contributed by atoms with van der Waals surface area (Å²) in [7, 11) is 3.56. The maximum Gasteiger partial charge on any atom is 0.223 e. The van der Waals surface area contributed by atoms with Crippen molar-refractivity contribution in [1.29, 1.82) is 0 Å². The first-order valence-electron chi connectivity index (χ1n) is 9.93. The molecule has 1 amide bonds. The molecule has 0 saturated carbocycles. The molecular formula is C20H38N2O4S2. The van der Waals surface area contributed by atoms with E-state index in [-0.39, 0.29) is 10.8 Å². The van der Waals surface area contributed by atoms with Gasteiger partial charge >= 0.3 is 0 Å². The van der Waals surface area contributed by atoms with Gasteiger partial charge in [0.05, 0.1) is 39.6 Å². The van der Waals surface area contributed by atoms with Gasteiger partial charge in [0.1, 0.15) is 4.93 Å². The van der Waals surface area contributed by atoms with E-state index in [0.29, 0.717) is 51.9 Å². The van der Waals surface area contributed by atoms with Crippen molar-refractivity contribution in [3.05, 3.63) is 0 Å². The summed E-state index contributed by atoms with van der Waals surface area (Å²) in [6, 6.07) is 0. The van der Waals surface area contributed by atoms with E-state index in [1.165, 1.54) is 0 Å². The van der Waals surface area contributed by atoms with Crippen LogP contribution in [0.25, 0.3) is 0 Å². The second kappa shape index (κ2) is 18.6. The summed E-state index contributed by atoms with van der Waals surface area (Å²) in [6.07, 6.45) is 0.337. The first-order chi connectivity index (χ1) is 13.4. The first kappa shape index (κ1) is 27.6. The highest BCUT2D eigenvalue weighted by molar-refractivity contribution is 8.77. The van der Waals surface area contributed by atoms with Gasteiger partial charge in [-0.15, -0.1) is 0 Å². The van der Waals surface area contributed by atoms with Gasteiger partial charge in [0.15, 0.2) is 0 Å². The van der Waals surface area contributed by atoms with Gasteiger partial charge in [0.2, 0.25) is 5.91 Å². The Kier molecular flexibility index (Phi) is 18.3. The van der Waals surface area contributed by atoms with E-state index in [4.69, 9.17) is 14.2 Å². The highest BCUT2D eigenvalue weighted by Gasteiger charge is 2.19. The first-order valence-corrected chi connectivity index (χ1v) is 12.2. The van der Waals surface area contributed by atoms with E-state index in [9.17, 15) is 4.79 Å². The molecule has 0 aromatic heterocycles. The van der Waals surface area contributed by atoms with Crippen LogP contribution >= 0.6 is 21.6 Å². The lowest BCUT2D eigenvalue weighted by Crippen LogP contribution is -2.25. The minimum Gasteiger partial charge on any atom is -0.379 e. The molecule has 0 aromatic rings. The lowest BCUT2D eigenvalue weighted by Gasteiger charge is -2.23. The molecule has 0 rings (SSSR count). The molecule has 28 heavy (non-hydrogen) atoms. The van der Waals surface area contributed by atoms with Gasteiger partial charge in [-0.05, 0) is 20.4 Å². The monoisotopic (exact) mass is 434 g/mol. The maximum absolute atomic E-state index is 11.6. The van der Waals surface area contributed by atoms with Crippen LogP contribution in [0, 0.1) is 17.8 Å². The number of amides is 1. The van der Waals surface area contributed by atoms with Crippen LogP contribution in [-0.4, -0.2) is 69.3 Å². The Morgan fingerprint density at radius 3 is 2.46 bits per heavy atom. The Bertz CT molecular complexity index is 451. The van der Waals surface area contributed by atoms with Crippen molar-refractivity contribution in [3.8, 4) is 11.8 Å². The molecule has 2 N–H and O–H groups in total. The lowest BCUT2D eigenvalue weighted by molar-refractivity contribution is -0.122. The maximum atomic E-state index is 11.6. The van der Waals surface area contributed by atoms with Gasteiger partial charge in [0.25, 0.3) is 0 Å². The fourth-order valence-corrected chi connectivity index (χ4v) is 4.04. The molecule has 6 nitrogen and oxygen atoms in total. The van der Waals surface area contributed by atoms with Gasteiger partial charge in [-0.3, -0.25) is 4.79 Å². The van der Waals surface area contributed by atoms with Crippen LogP contribution in [0.3, 0.4) is 0 Å².